The summed E-state index contributed by atoms with van der Waals surface area (Å²) in [7, 11) is -3.67. The summed E-state index contributed by atoms with van der Waals surface area (Å²) in [5.41, 5.74) is 1.75. The van der Waals surface area contributed by atoms with Crippen LogP contribution < -0.4 is 9.62 Å². The van der Waals surface area contributed by atoms with Gasteiger partial charge in [-0.15, -0.1) is 0 Å². The zero-order valence-corrected chi connectivity index (χ0v) is 16.2. The Morgan fingerprint density at radius 2 is 1.85 bits per heavy atom. The van der Waals surface area contributed by atoms with Crippen LogP contribution in [0.25, 0.3) is 0 Å². The van der Waals surface area contributed by atoms with E-state index in [1.807, 2.05) is 0 Å². The Morgan fingerprint density at radius 1 is 1.23 bits per heavy atom. The summed E-state index contributed by atoms with van der Waals surface area (Å²) in [4.78, 5) is 12.4. The average Bonchev–Trinajstić information content (AvgIpc) is 2.53. The summed E-state index contributed by atoms with van der Waals surface area (Å²) in [5, 5.41) is 3.21. The molecule has 0 radical (unpaired) electrons. The average molecular weight is 399 g/mol. The molecule has 0 aromatic heterocycles. The number of amides is 1. The van der Waals surface area contributed by atoms with E-state index in [2.05, 4.69) is 5.32 Å². The first-order valence-electron chi connectivity index (χ1n) is 7.86. The Labute approximate surface area is 157 Å². The van der Waals surface area contributed by atoms with E-state index in [1.165, 1.54) is 12.1 Å². The normalized spacial score (nSPS) is 12.5. The first-order valence-corrected chi connectivity index (χ1v) is 10.1. The Kier molecular flexibility index (Phi) is 6.26. The predicted octanol–water partition coefficient (Wildman–Crippen LogP) is 3.43. The second-order valence-corrected chi connectivity index (χ2v) is 8.38. The van der Waals surface area contributed by atoms with E-state index in [0.29, 0.717) is 21.8 Å². The smallest absolute Gasteiger partial charge is 0.241 e. The van der Waals surface area contributed by atoms with Crippen LogP contribution in [-0.2, 0) is 14.8 Å². The van der Waals surface area contributed by atoms with E-state index in [1.54, 1.807) is 44.2 Å². The summed E-state index contributed by atoms with van der Waals surface area (Å²) < 4.78 is 38.4. The van der Waals surface area contributed by atoms with Gasteiger partial charge in [-0.2, -0.15) is 0 Å². The highest BCUT2D eigenvalue weighted by Gasteiger charge is 2.23. The van der Waals surface area contributed by atoms with Crippen molar-refractivity contribution in [1.29, 1.82) is 0 Å². The first kappa shape index (κ1) is 20.2. The molecule has 8 heteroatoms. The van der Waals surface area contributed by atoms with Gasteiger partial charge in [0.1, 0.15) is 12.4 Å². The van der Waals surface area contributed by atoms with Gasteiger partial charge in [0, 0.05) is 5.02 Å². The van der Waals surface area contributed by atoms with Crippen molar-refractivity contribution in [1.82, 2.24) is 5.32 Å². The molecule has 0 saturated carbocycles. The number of nitrogens with zero attached hydrogens (tertiary/aromatic N) is 1. The van der Waals surface area contributed by atoms with Crippen LogP contribution in [0.4, 0.5) is 10.1 Å². The molecule has 0 bridgehead atoms. The number of carbonyl (C=O) groups excluding carboxylic acids is 1. The van der Waals surface area contributed by atoms with Gasteiger partial charge in [0.2, 0.25) is 15.9 Å². The van der Waals surface area contributed by atoms with Gasteiger partial charge in [-0.1, -0.05) is 23.7 Å². The molecule has 0 aliphatic heterocycles. The standard InChI is InChI=1S/C18H20ClFN2O3S/c1-12-10-15(19)6-9-17(12)22(26(3,24)25)11-18(23)21-13(2)14-4-7-16(20)8-5-14/h4-10,13H,11H2,1-3H3,(H,21,23). The Morgan fingerprint density at radius 3 is 2.38 bits per heavy atom. The molecule has 2 aromatic rings. The molecule has 1 N–H and O–H groups in total. The van der Waals surface area contributed by atoms with E-state index >= 15 is 0 Å². The zero-order valence-electron chi connectivity index (χ0n) is 14.7. The quantitative estimate of drug-likeness (QED) is 0.810. The van der Waals surface area contributed by atoms with Crippen LogP contribution in [-0.4, -0.2) is 27.1 Å². The molecule has 1 unspecified atom stereocenters. The van der Waals surface area contributed by atoms with Crippen molar-refractivity contribution in [3.63, 3.8) is 0 Å². The molecule has 0 spiro atoms. The number of carbonyl (C=O) groups is 1. The van der Waals surface area contributed by atoms with Crippen molar-refractivity contribution in [2.24, 2.45) is 0 Å². The molecular weight excluding hydrogens is 379 g/mol. The van der Waals surface area contributed by atoms with Crippen LogP contribution in [0.2, 0.25) is 5.02 Å². The van der Waals surface area contributed by atoms with E-state index in [0.717, 1.165) is 10.6 Å². The maximum absolute atomic E-state index is 13.0. The molecule has 0 heterocycles. The molecule has 0 aliphatic rings. The van der Waals surface area contributed by atoms with E-state index in [9.17, 15) is 17.6 Å². The number of sulfonamides is 1. The lowest BCUT2D eigenvalue weighted by atomic mass is 10.1. The van der Waals surface area contributed by atoms with Gasteiger partial charge in [0.25, 0.3) is 0 Å². The van der Waals surface area contributed by atoms with Gasteiger partial charge >= 0.3 is 0 Å². The van der Waals surface area contributed by atoms with Crippen LogP contribution in [0, 0.1) is 12.7 Å². The monoisotopic (exact) mass is 398 g/mol. The third-order valence-corrected chi connectivity index (χ3v) is 5.22. The number of anilines is 1. The predicted molar refractivity (Wildman–Crippen MR) is 101 cm³/mol. The summed E-state index contributed by atoms with van der Waals surface area (Å²) in [6.45, 7) is 3.09. The lowest BCUT2D eigenvalue weighted by molar-refractivity contribution is -0.120. The van der Waals surface area contributed by atoms with Crippen LogP contribution in [0.15, 0.2) is 42.5 Å². The molecule has 0 aliphatic carbocycles. The summed E-state index contributed by atoms with van der Waals surface area (Å²) in [5.74, 6) is -0.838. The van der Waals surface area contributed by atoms with Crippen molar-refractivity contribution in [2.75, 3.05) is 17.1 Å². The number of rotatable bonds is 6. The minimum Gasteiger partial charge on any atom is -0.348 e. The molecule has 0 fully saturated rings. The van der Waals surface area contributed by atoms with Gasteiger partial charge in [-0.25, -0.2) is 12.8 Å². The maximum Gasteiger partial charge on any atom is 0.241 e. The summed E-state index contributed by atoms with van der Waals surface area (Å²) >= 11 is 5.92. The van der Waals surface area contributed by atoms with Crippen LogP contribution in [0.3, 0.4) is 0 Å². The van der Waals surface area contributed by atoms with Crippen molar-refractivity contribution in [2.45, 2.75) is 19.9 Å². The van der Waals surface area contributed by atoms with Crippen molar-refractivity contribution >= 4 is 33.2 Å². The van der Waals surface area contributed by atoms with Crippen LogP contribution >= 0.6 is 11.6 Å². The maximum atomic E-state index is 13.0. The lowest BCUT2D eigenvalue weighted by Gasteiger charge is -2.24. The number of hydrogen-bond acceptors (Lipinski definition) is 3. The number of benzene rings is 2. The number of aryl methyl sites for hydroxylation is 1. The fourth-order valence-corrected chi connectivity index (χ4v) is 3.67. The van der Waals surface area contributed by atoms with Gasteiger partial charge < -0.3 is 5.32 Å². The van der Waals surface area contributed by atoms with E-state index < -0.39 is 22.0 Å². The lowest BCUT2D eigenvalue weighted by Crippen LogP contribution is -2.41. The molecule has 2 rings (SSSR count). The molecule has 140 valence electrons. The van der Waals surface area contributed by atoms with Crippen molar-refractivity contribution in [3.8, 4) is 0 Å². The number of halogens is 2. The van der Waals surface area contributed by atoms with Gasteiger partial charge in [0.15, 0.2) is 0 Å². The molecule has 0 saturated heterocycles. The van der Waals surface area contributed by atoms with Gasteiger partial charge in [-0.3, -0.25) is 9.10 Å². The molecule has 26 heavy (non-hydrogen) atoms. The molecule has 1 amide bonds. The SMILES string of the molecule is Cc1cc(Cl)ccc1N(CC(=O)NC(C)c1ccc(F)cc1)S(C)(=O)=O. The molecule has 1 atom stereocenters. The molecule has 5 nitrogen and oxygen atoms in total. The van der Waals surface area contributed by atoms with Crippen LogP contribution in [0.1, 0.15) is 24.1 Å². The first-order chi connectivity index (χ1) is 12.1. The third kappa shape index (κ3) is 5.19. The second kappa shape index (κ2) is 8.05. The van der Waals surface area contributed by atoms with Gasteiger partial charge in [-0.05, 0) is 55.3 Å². The third-order valence-electron chi connectivity index (χ3n) is 3.86. The minimum absolute atomic E-state index is 0.367. The van der Waals surface area contributed by atoms with Crippen LogP contribution in [0.5, 0.6) is 0 Å². The van der Waals surface area contributed by atoms with E-state index in [-0.39, 0.29) is 12.4 Å². The summed E-state index contributed by atoms with van der Waals surface area (Å²) in [6.07, 6.45) is 1.04. The van der Waals surface area contributed by atoms with Crippen molar-refractivity contribution < 1.29 is 17.6 Å². The zero-order chi connectivity index (χ0) is 19.5. The number of hydrogen-bond donors (Lipinski definition) is 1. The highest BCUT2D eigenvalue weighted by Crippen LogP contribution is 2.25. The highest BCUT2D eigenvalue weighted by molar-refractivity contribution is 7.92. The van der Waals surface area contributed by atoms with E-state index in [4.69, 9.17) is 11.6 Å². The summed E-state index contributed by atoms with van der Waals surface area (Å²) in [6, 6.07) is 10.1. The fraction of sp³-hybridized carbons (Fsp3) is 0.278. The second-order valence-electron chi connectivity index (χ2n) is 6.04. The minimum atomic E-state index is -3.67. The fourth-order valence-electron chi connectivity index (χ4n) is 2.53. The molecular formula is C18H20ClFN2O3S. The largest absolute Gasteiger partial charge is 0.348 e. The molecule has 2 aromatic carbocycles. The Hall–Kier alpha value is -2.12. The number of nitrogens with one attached hydrogen (secondary N) is 1. The van der Waals surface area contributed by atoms with Gasteiger partial charge in [0.05, 0.1) is 18.0 Å². The Balaban J connectivity index is 2.18. The van der Waals surface area contributed by atoms with Crippen molar-refractivity contribution in [3.05, 3.63) is 64.4 Å². The highest BCUT2D eigenvalue weighted by atomic mass is 35.5. The topological polar surface area (TPSA) is 66.5 Å². The Bertz CT molecular complexity index is 901.